The maximum atomic E-state index is 13.0. The van der Waals surface area contributed by atoms with E-state index in [1.54, 1.807) is 12.1 Å². The lowest BCUT2D eigenvalue weighted by Crippen LogP contribution is -2.01. The van der Waals surface area contributed by atoms with Crippen molar-refractivity contribution in [3.8, 4) is 11.1 Å². The molecule has 3 aromatic rings. The quantitative estimate of drug-likeness (QED) is 0.688. The van der Waals surface area contributed by atoms with Crippen molar-refractivity contribution in [3.63, 3.8) is 0 Å². The van der Waals surface area contributed by atoms with Crippen LogP contribution >= 0.6 is 11.3 Å². The van der Waals surface area contributed by atoms with Crippen molar-refractivity contribution in [1.29, 1.82) is 0 Å². The molecule has 0 saturated carbocycles. The van der Waals surface area contributed by atoms with Crippen LogP contribution in [0.25, 0.3) is 11.1 Å². The van der Waals surface area contributed by atoms with Crippen molar-refractivity contribution >= 4 is 21.2 Å². The lowest BCUT2D eigenvalue weighted by Gasteiger charge is -2.08. The molecule has 0 saturated heterocycles. The molecule has 0 N–H and O–H groups in total. The Labute approximate surface area is 135 Å². The van der Waals surface area contributed by atoms with Gasteiger partial charge >= 0.3 is 0 Å². The van der Waals surface area contributed by atoms with Gasteiger partial charge in [-0.15, -0.1) is 11.3 Å². The van der Waals surface area contributed by atoms with Crippen LogP contribution in [0.4, 0.5) is 0 Å². The van der Waals surface area contributed by atoms with Crippen LogP contribution in [0.5, 0.6) is 0 Å². The third kappa shape index (κ3) is 2.60. The molecule has 2 nitrogen and oxygen atoms in total. The average molecular weight is 328 g/mol. The van der Waals surface area contributed by atoms with Gasteiger partial charge in [0.25, 0.3) is 0 Å². The lowest BCUT2D eigenvalue weighted by atomic mass is 10.1. The van der Waals surface area contributed by atoms with Gasteiger partial charge in [0, 0.05) is 5.56 Å². The third-order valence-corrected chi connectivity index (χ3v) is 7.00. The Bertz CT molecular complexity index is 890. The lowest BCUT2D eigenvalue weighted by molar-refractivity contribution is 0.598. The summed E-state index contributed by atoms with van der Waals surface area (Å²) in [6.45, 7) is 3.90. The predicted octanol–water partition coefficient (Wildman–Crippen LogP) is 4.86. The Balaban J connectivity index is 2.19. The van der Waals surface area contributed by atoms with E-state index in [9.17, 15) is 8.42 Å². The minimum absolute atomic E-state index is 0.345. The van der Waals surface area contributed by atoms with Crippen LogP contribution < -0.4 is 0 Å². The fourth-order valence-electron chi connectivity index (χ4n) is 2.39. The first-order valence-corrected chi connectivity index (χ1v) is 9.31. The summed E-state index contributed by atoms with van der Waals surface area (Å²) in [5.41, 5.74) is 3.78. The molecule has 112 valence electrons. The highest BCUT2D eigenvalue weighted by Gasteiger charge is 2.25. The SMILES string of the molecule is Cc1ccc(S(=O)(=O)c2scc(C)c2-c2ccccc2)cc1. The van der Waals surface area contributed by atoms with Gasteiger partial charge in [0.15, 0.2) is 0 Å². The van der Waals surface area contributed by atoms with Gasteiger partial charge in [-0.1, -0.05) is 48.0 Å². The number of hydrogen-bond donors (Lipinski definition) is 0. The first kappa shape index (κ1) is 15.0. The van der Waals surface area contributed by atoms with E-state index >= 15 is 0 Å². The van der Waals surface area contributed by atoms with Crippen LogP contribution in [0.3, 0.4) is 0 Å². The maximum Gasteiger partial charge on any atom is 0.216 e. The Morgan fingerprint density at radius 3 is 2.14 bits per heavy atom. The van der Waals surface area contributed by atoms with E-state index in [0.29, 0.717) is 9.10 Å². The molecular weight excluding hydrogens is 312 g/mol. The molecule has 2 aromatic carbocycles. The summed E-state index contributed by atoms with van der Waals surface area (Å²) in [6.07, 6.45) is 0. The van der Waals surface area contributed by atoms with Crippen molar-refractivity contribution in [1.82, 2.24) is 0 Å². The van der Waals surface area contributed by atoms with E-state index in [4.69, 9.17) is 0 Å². The molecule has 4 heteroatoms. The van der Waals surface area contributed by atoms with Gasteiger partial charge in [-0.2, -0.15) is 0 Å². The molecule has 0 atom stereocenters. The van der Waals surface area contributed by atoms with Crippen LogP contribution in [0.15, 0.2) is 69.1 Å². The fraction of sp³-hybridized carbons (Fsp3) is 0.111. The highest BCUT2D eigenvalue weighted by molar-refractivity contribution is 7.93. The Kier molecular flexibility index (Phi) is 3.89. The second-order valence-electron chi connectivity index (χ2n) is 5.26. The zero-order chi connectivity index (χ0) is 15.7. The monoisotopic (exact) mass is 328 g/mol. The normalized spacial score (nSPS) is 11.5. The fourth-order valence-corrected chi connectivity index (χ4v) is 5.39. The van der Waals surface area contributed by atoms with Crippen molar-refractivity contribution in [2.24, 2.45) is 0 Å². The summed E-state index contributed by atoms with van der Waals surface area (Å²) in [5.74, 6) is 0. The molecular formula is C18H16O2S2. The van der Waals surface area contributed by atoms with Crippen LogP contribution in [0.2, 0.25) is 0 Å². The van der Waals surface area contributed by atoms with E-state index < -0.39 is 9.84 Å². The molecule has 22 heavy (non-hydrogen) atoms. The number of hydrogen-bond acceptors (Lipinski definition) is 3. The predicted molar refractivity (Wildman–Crippen MR) is 91.1 cm³/mol. The summed E-state index contributed by atoms with van der Waals surface area (Å²) < 4.78 is 26.3. The molecule has 0 radical (unpaired) electrons. The van der Waals surface area contributed by atoms with Gasteiger partial charge in [0.2, 0.25) is 9.84 Å². The first-order chi connectivity index (χ1) is 10.5. The molecule has 0 amide bonds. The second-order valence-corrected chi connectivity index (χ2v) is 8.29. The molecule has 0 fully saturated rings. The summed E-state index contributed by atoms with van der Waals surface area (Å²) in [7, 11) is -3.50. The summed E-state index contributed by atoms with van der Waals surface area (Å²) in [6, 6.07) is 16.7. The average Bonchev–Trinajstić information content (AvgIpc) is 2.91. The number of rotatable bonds is 3. The highest BCUT2D eigenvalue weighted by Crippen LogP contribution is 2.38. The van der Waals surface area contributed by atoms with Gasteiger partial charge < -0.3 is 0 Å². The number of sulfone groups is 1. The molecule has 0 unspecified atom stereocenters. The molecule has 0 bridgehead atoms. The van der Waals surface area contributed by atoms with Crippen molar-refractivity contribution in [2.75, 3.05) is 0 Å². The zero-order valence-corrected chi connectivity index (χ0v) is 14.0. The van der Waals surface area contributed by atoms with E-state index in [1.807, 2.05) is 61.7 Å². The van der Waals surface area contributed by atoms with Crippen LogP contribution in [-0.4, -0.2) is 8.42 Å². The third-order valence-electron chi connectivity index (χ3n) is 3.58. The molecule has 1 heterocycles. The Hall–Kier alpha value is -1.91. The number of benzene rings is 2. The Morgan fingerprint density at radius 2 is 1.50 bits per heavy atom. The second kappa shape index (κ2) is 5.71. The summed E-state index contributed by atoms with van der Waals surface area (Å²) in [4.78, 5) is 0.345. The van der Waals surface area contributed by atoms with E-state index in [1.165, 1.54) is 11.3 Å². The highest BCUT2D eigenvalue weighted by atomic mass is 32.2. The standard InChI is InChI=1S/C18H16O2S2/c1-13-8-10-16(11-9-13)22(19,20)18-17(14(2)12-21-18)15-6-4-3-5-7-15/h3-12H,1-2H3. The minimum Gasteiger partial charge on any atom is -0.218 e. The van der Waals surface area contributed by atoms with E-state index in [0.717, 1.165) is 22.3 Å². The molecule has 0 aliphatic heterocycles. The summed E-state index contributed by atoms with van der Waals surface area (Å²) in [5, 5.41) is 1.91. The van der Waals surface area contributed by atoms with Gasteiger partial charge in [0.1, 0.15) is 4.21 Å². The van der Waals surface area contributed by atoms with E-state index in [2.05, 4.69) is 0 Å². The first-order valence-electron chi connectivity index (χ1n) is 6.95. The molecule has 0 spiro atoms. The Morgan fingerprint density at radius 1 is 0.864 bits per heavy atom. The number of aryl methyl sites for hydroxylation is 2. The zero-order valence-electron chi connectivity index (χ0n) is 12.4. The molecule has 0 aliphatic rings. The van der Waals surface area contributed by atoms with E-state index in [-0.39, 0.29) is 0 Å². The van der Waals surface area contributed by atoms with Gasteiger partial charge in [-0.05, 0) is 42.5 Å². The van der Waals surface area contributed by atoms with Gasteiger partial charge in [-0.3, -0.25) is 0 Å². The maximum absolute atomic E-state index is 13.0. The van der Waals surface area contributed by atoms with Crippen molar-refractivity contribution < 1.29 is 8.42 Å². The van der Waals surface area contributed by atoms with Crippen molar-refractivity contribution in [3.05, 3.63) is 71.1 Å². The largest absolute Gasteiger partial charge is 0.218 e. The van der Waals surface area contributed by atoms with Crippen LogP contribution in [0, 0.1) is 13.8 Å². The van der Waals surface area contributed by atoms with Crippen molar-refractivity contribution in [2.45, 2.75) is 23.0 Å². The molecule has 0 aliphatic carbocycles. The topological polar surface area (TPSA) is 34.1 Å². The minimum atomic E-state index is -3.50. The van der Waals surface area contributed by atoms with Gasteiger partial charge in [0.05, 0.1) is 4.90 Å². The molecule has 3 rings (SSSR count). The smallest absolute Gasteiger partial charge is 0.216 e. The molecule has 1 aromatic heterocycles. The number of thiophene rings is 1. The van der Waals surface area contributed by atoms with Gasteiger partial charge in [-0.25, -0.2) is 8.42 Å². The summed E-state index contributed by atoms with van der Waals surface area (Å²) >= 11 is 1.29. The van der Waals surface area contributed by atoms with Crippen LogP contribution in [0.1, 0.15) is 11.1 Å². The van der Waals surface area contributed by atoms with Crippen LogP contribution in [-0.2, 0) is 9.84 Å².